The Morgan fingerprint density at radius 1 is 1.25 bits per heavy atom. The first-order chi connectivity index (χ1) is 9.65. The maximum absolute atomic E-state index is 12.3. The van der Waals surface area contributed by atoms with Gasteiger partial charge in [0.2, 0.25) is 0 Å². The molecule has 1 unspecified atom stereocenters. The quantitative estimate of drug-likeness (QED) is 0.778. The Morgan fingerprint density at radius 2 is 2.05 bits per heavy atom. The molecule has 0 aliphatic carbocycles. The van der Waals surface area contributed by atoms with Gasteiger partial charge in [0.15, 0.2) is 0 Å². The van der Waals surface area contributed by atoms with Crippen molar-refractivity contribution in [3.63, 3.8) is 0 Å². The Bertz CT molecular complexity index is 601. The standard InChI is InChI=1S/C18H22O2/c1-4-6-13(2)18(19)11-15-8-5-7-14-9-10-16(20-3)12-17(14)15/h5,7-10,12-13H,4,6,11H2,1-3H3. The van der Waals surface area contributed by atoms with E-state index in [1.54, 1.807) is 7.11 Å². The summed E-state index contributed by atoms with van der Waals surface area (Å²) in [5, 5.41) is 2.27. The van der Waals surface area contributed by atoms with Crippen molar-refractivity contribution in [2.75, 3.05) is 7.11 Å². The third-order valence-electron chi connectivity index (χ3n) is 3.82. The van der Waals surface area contributed by atoms with Gasteiger partial charge in [-0.25, -0.2) is 0 Å². The number of Topliss-reactive ketones (excluding diaryl/α,β-unsaturated/α-hetero) is 1. The highest BCUT2D eigenvalue weighted by atomic mass is 16.5. The second kappa shape index (κ2) is 6.56. The largest absolute Gasteiger partial charge is 0.497 e. The Morgan fingerprint density at radius 3 is 2.75 bits per heavy atom. The number of fused-ring (bicyclic) bond motifs is 1. The van der Waals surface area contributed by atoms with Gasteiger partial charge in [0.1, 0.15) is 11.5 Å². The molecule has 1 atom stereocenters. The fourth-order valence-electron chi connectivity index (χ4n) is 2.55. The summed E-state index contributed by atoms with van der Waals surface area (Å²) in [6.45, 7) is 4.14. The molecule has 0 aliphatic heterocycles. The highest BCUT2D eigenvalue weighted by molar-refractivity contribution is 5.92. The first-order valence-corrected chi connectivity index (χ1v) is 7.24. The van der Waals surface area contributed by atoms with E-state index in [9.17, 15) is 4.79 Å². The third kappa shape index (κ3) is 3.19. The zero-order chi connectivity index (χ0) is 14.5. The van der Waals surface area contributed by atoms with Gasteiger partial charge in [0, 0.05) is 12.3 Å². The summed E-state index contributed by atoms with van der Waals surface area (Å²) in [6, 6.07) is 12.1. The van der Waals surface area contributed by atoms with Crippen LogP contribution in [0.4, 0.5) is 0 Å². The number of carbonyl (C=O) groups is 1. The lowest BCUT2D eigenvalue weighted by molar-refractivity contribution is -0.121. The predicted molar refractivity (Wildman–Crippen MR) is 83.3 cm³/mol. The summed E-state index contributed by atoms with van der Waals surface area (Å²) < 4.78 is 5.28. The van der Waals surface area contributed by atoms with Gasteiger partial charge in [-0.3, -0.25) is 4.79 Å². The van der Waals surface area contributed by atoms with Gasteiger partial charge < -0.3 is 4.74 Å². The minimum atomic E-state index is 0.140. The van der Waals surface area contributed by atoms with Crippen LogP contribution in [-0.4, -0.2) is 12.9 Å². The van der Waals surface area contributed by atoms with Gasteiger partial charge in [-0.05, 0) is 34.9 Å². The summed E-state index contributed by atoms with van der Waals surface area (Å²) in [6.07, 6.45) is 2.52. The van der Waals surface area contributed by atoms with Crippen molar-refractivity contribution in [2.24, 2.45) is 5.92 Å². The molecule has 2 aromatic carbocycles. The van der Waals surface area contributed by atoms with Gasteiger partial charge in [-0.1, -0.05) is 44.5 Å². The molecule has 0 N–H and O–H groups in total. The number of hydrogen-bond donors (Lipinski definition) is 0. The molecule has 0 saturated carbocycles. The van der Waals surface area contributed by atoms with Crippen LogP contribution in [0.25, 0.3) is 10.8 Å². The Balaban J connectivity index is 2.31. The van der Waals surface area contributed by atoms with Gasteiger partial charge in [0.05, 0.1) is 7.11 Å². The van der Waals surface area contributed by atoms with Crippen molar-refractivity contribution in [1.29, 1.82) is 0 Å². The van der Waals surface area contributed by atoms with Crippen LogP contribution in [0, 0.1) is 5.92 Å². The molecule has 20 heavy (non-hydrogen) atoms. The molecule has 2 aromatic rings. The highest BCUT2D eigenvalue weighted by Crippen LogP contribution is 2.25. The average Bonchev–Trinajstić information content (AvgIpc) is 2.47. The Hall–Kier alpha value is -1.83. The predicted octanol–water partition coefficient (Wildman–Crippen LogP) is 4.40. The van der Waals surface area contributed by atoms with E-state index in [2.05, 4.69) is 13.0 Å². The summed E-state index contributed by atoms with van der Waals surface area (Å²) in [5.74, 6) is 1.29. The van der Waals surface area contributed by atoms with E-state index < -0.39 is 0 Å². The molecule has 0 radical (unpaired) electrons. The molecular weight excluding hydrogens is 248 g/mol. The minimum absolute atomic E-state index is 0.140. The van der Waals surface area contributed by atoms with E-state index in [4.69, 9.17) is 4.74 Å². The molecule has 2 nitrogen and oxygen atoms in total. The molecule has 0 heterocycles. The summed E-state index contributed by atoms with van der Waals surface area (Å²) in [7, 11) is 1.66. The van der Waals surface area contributed by atoms with E-state index in [0.29, 0.717) is 12.2 Å². The van der Waals surface area contributed by atoms with Crippen molar-refractivity contribution >= 4 is 16.6 Å². The molecular formula is C18H22O2. The van der Waals surface area contributed by atoms with E-state index in [1.807, 2.05) is 37.3 Å². The number of carbonyl (C=O) groups excluding carboxylic acids is 1. The smallest absolute Gasteiger partial charge is 0.140 e. The first-order valence-electron chi connectivity index (χ1n) is 7.24. The van der Waals surface area contributed by atoms with Crippen LogP contribution >= 0.6 is 0 Å². The van der Waals surface area contributed by atoms with Gasteiger partial charge in [-0.15, -0.1) is 0 Å². The SMILES string of the molecule is CCCC(C)C(=O)Cc1cccc2ccc(OC)cc12. The zero-order valence-electron chi connectivity index (χ0n) is 12.5. The maximum Gasteiger partial charge on any atom is 0.140 e. The molecule has 0 spiro atoms. The van der Waals surface area contributed by atoms with Gasteiger partial charge in [0.25, 0.3) is 0 Å². The molecule has 0 aliphatic rings. The number of benzene rings is 2. The van der Waals surface area contributed by atoms with Crippen molar-refractivity contribution < 1.29 is 9.53 Å². The normalized spacial score (nSPS) is 12.3. The van der Waals surface area contributed by atoms with Gasteiger partial charge >= 0.3 is 0 Å². The number of methoxy groups -OCH3 is 1. The molecule has 2 rings (SSSR count). The van der Waals surface area contributed by atoms with E-state index in [-0.39, 0.29) is 5.92 Å². The third-order valence-corrected chi connectivity index (χ3v) is 3.82. The number of ketones is 1. The number of ether oxygens (including phenoxy) is 1. The number of rotatable bonds is 6. The molecule has 0 bridgehead atoms. The van der Waals surface area contributed by atoms with Crippen LogP contribution in [0.15, 0.2) is 36.4 Å². The number of hydrogen-bond acceptors (Lipinski definition) is 2. The summed E-state index contributed by atoms with van der Waals surface area (Å²) in [4.78, 5) is 12.3. The van der Waals surface area contributed by atoms with Crippen LogP contribution in [0.2, 0.25) is 0 Å². The molecule has 106 valence electrons. The van der Waals surface area contributed by atoms with E-state index >= 15 is 0 Å². The second-order valence-electron chi connectivity index (χ2n) is 5.34. The molecule has 0 saturated heterocycles. The Kier molecular flexibility index (Phi) is 4.78. The van der Waals surface area contributed by atoms with E-state index in [1.165, 1.54) is 0 Å². The van der Waals surface area contributed by atoms with Crippen LogP contribution in [0.5, 0.6) is 5.75 Å². The zero-order valence-corrected chi connectivity index (χ0v) is 12.5. The van der Waals surface area contributed by atoms with Crippen molar-refractivity contribution in [1.82, 2.24) is 0 Å². The minimum Gasteiger partial charge on any atom is -0.497 e. The van der Waals surface area contributed by atoms with Crippen LogP contribution in [0.3, 0.4) is 0 Å². The van der Waals surface area contributed by atoms with Crippen molar-refractivity contribution in [3.05, 3.63) is 42.0 Å². The fraction of sp³-hybridized carbons (Fsp3) is 0.389. The second-order valence-corrected chi connectivity index (χ2v) is 5.34. The Labute approximate surface area is 120 Å². The molecule has 2 heteroatoms. The lowest BCUT2D eigenvalue weighted by Gasteiger charge is -2.11. The van der Waals surface area contributed by atoms with E-state index in [0.717, 1.165) is 34.9 Å². The lowest BCUT2D eigenvalue weighted by Crippen LogP contribution is -2.13. The highest BCUT2D eigenvalue weighted by Gasteiger charge is 2.14. The summed E-state index contributed by atoms with van der Waals surface area (Å²) >= 11 is 0. The van der Waals surface area contributed by atoms with Crippen LogP contribution < -0.4 is 4.74 Å². The maximum atomic E-state index is 12.3. The average molecular weight is 270 g/mol. The van der Waals surface area contributed by atoms with Crippen LogP contribution in [0.1, 0.15) is 32.3 Å². The molecule has 0 amide bonds. The molecule has 0 aromatic heterocycles. The van der Waals surface area contributed by atoms with Crippen LogP contribution in [-0.2, 0) is 11.2 Å². The monoisotopic (exact) mass is 270 g/mol. The van der Waals surface area contributed by atoms with Crippen molar-refractivity contribution in [2.45, 2.75) is 33.1 Å². The lowest BCUT2D eigenvalue weighted by atomic mass is 9.93. The van der Waals surface area contributed by atoms with Crippen molar-refractivity contribution in [3.8, 4) is 5.75 Å². The fourth-order valence-corrected chi connectivity index (χ4v) is 2.55. The first kappa shape index (κ1) is 14.6. The molecule has 0 fully saturated rings. The topological polar surface area (TPSA) is 26.3 Å². The van der Waals surface area contributed by atoms with Gasteiger partial charge in [-0.2, -0.15) is 0 Å². The summed E-state index contributed by atoms with van der Waals surface area (Å²) in [5.41, 5.74) is 1.09.